The molecule has 1 aliphatic heterocycles. The van der Waals surface area contributed by atoms with Crippen LogP contribution in [0.4, 0.5) is 0 Å². The molecular weight excluding hydrogens is 364 g/mol. The smallest absolute Gasteiger partial charge is 0.266 e. The molecular formula is C23H24N4O2. The van der Waals surface area contributed by atoms with Crippen molar-refractivity contribution < 1.29 is 0 Å². The maximum atomic E-state index is 12.9. The van der Waals surface area contributed by atoms with E-state index in [1.807, 2.05) is 12.1 Å². The Morgan fingerprint density at radius 1 is 1.14 bits per heavy atom. The van der Waals surface area contributed by atoms with Gasteiger partial charge in [0.05, 0.1) is 10.9 Å². The number of fused-ring (bicyclic) bond motifs is 1. The molecule has 1 atom stereocenters. The Bertz CT molecular complexity index is 1160. The van der Waals surface area contributed by atoms with Gasteiger partial charge in [-0.25, -0.2) is 0 Å². The molecule has 1 unspecified atom stereocenters. The summed E-state index contributed by atoms with van der Waals surface area (Å²) >= 11 is 0. The third-order valence-corrected chi connectivity index (χ3v) is 5.79. The highest BCUT2D eigenvalue weighted by Crippen LogP contribution is 2.22. The standard InChI is InChI=1S/C23H24N4O2/c24-15-18-14-20-21(25-22(18)28)10-13-26(23(20)29)12-9-19-8-4-5-11-27(19)16-17-6-2-1-3-7-17/h1-3,6-7,10,13-14,19H,4-5,8-9,11-12,16H2,(H,25,28). The summed E-state index contributed by atoms with van der Waals surface area (Å²) in [5.74, 6) is 0. The van der Waals surface area contributed by atoms with Crippen molar-refractivity contribution in [3.8, 4) is 6.07 Å². The Balaban J connectivity index is 1.52. The minimum absolute atomic E-state index is 0.0336. The van der Waals surface area contributed by atoms with Gasteiger partial charge in [-0.1, -0.05) is 36.8 Å². The number of nitriles is 1. The number of rotatable bonds is 5. The summed E-state index contributed by atoms with van der Waals surface area (Å²) in [6, 6.07) is 15.9. The lowest BCUT2D eigenvalue weighted by Gasteiger charge is -2.36. The molecule has 1 N–H and O–H groups in total. The molecule has 3 aromatic rings. The summed E-state index contributed by atoms with van der Waals surface area (Å²) in [6.07, 6.45) is 6.20. The number of hydrogen-bond acceptors (Lipinski definition) is 4. The fraction of sp³-hybridized carbons (Fsp3) is 0.348. The summed E-state index contributed by atoms with van der Waals surface area (Å²) in [5, 5.41) is 9.46. The Kier molecular flexibility index (Phi) is 5.59. The molecule has 29 heavy (non-hydrogen) atoms. The first-order chi connectivity index (χ1) is 14.2. The Labute approximate surface area is 169 Å². The lowest BCUT2D eigenvalue weighted by molar-refractivity contribution is 0.128. The van der Waals surface area contributed by atoms with Crippen LogP contribution in [0.25, 0.3) is 10.9 Å². The fourth-order valence-corrected chi connectivity index (χ4v) is 4.20. The van der Waals surface area contributed by atoms with E-state index in [9.17, 15) is 9.59 Å². The van der Waals surface area contributed by atoms with Gasteiger partial charge < -0.3 is 9.55 Å². The van der Waals surface area contributed by atoms with E-state index in [0.717, 1.165) is 25.9 Å². The number of aromatic nitrogens is 2. The molecule has 0 aliphatic carbocycles. The molecule has 1 aromatic carbocycles. The van der Waals surface area contributed by atoms with Crippen LogP contribution in [0.3, 0.4) is 0 Å². The van der Waals surface area contributed by atoms with E-state index in [4.69, 9.17) is 5.26 Å². The number of aromatic amines is 1. The van der Waals surface area contributed by atoms with Crippen molar-refractivity contribution in [2.75, 3.05) is 6.54 Å². The molecule has 1 fully saturated rings. The average molecular weight is 388 g/mol. The molecule has 0 saturated carbocycles. The third kappa shape index (κ3) is 4.15. The van der Waals surface area contributed by atoms with Crippen LogP contribution < -0.4 is 11.1 Å². The number of nitrogens with zero attached hydrogens (tertiary/aromatic N) is 3. The zero-order valence-corrected chi connectivity index (χ0v) is 16.3. The Morgan fingerprint density at radius 3 is 2.76 bits per heavy atom. The number of likely N-dealkylation sites (tertiary alicyclic amines) is 1. The molecule has 0 spiro atoms. The lowest BCUT2D eigenvalue weighted by Crippen LogP contribution is -2.40. The molecule has 3 heterocycles. The molecule has 4 rings (SSSR count). The number of piperidine rings is 1. The van der Waals surface area contributed by atoms with Crippen LogP contribution >= 0.6 is 0 Å². The van der Waals surface area contributed by atoms with Gasteiger partial charge in [0.25, 0.3) is 11.1 Å². The van der Waals surface area contributed by atoms with Crippen molar-refractivity contribution in [3.05, 3.63) is 80.5 Å². The predicted octanol–water partition coefficient (Wildman–Crippen LogP) is 3.01. The van der Waals surface area contributed by atoms with Gasteiger partial charge in [0.15, 0.2) is 0 Å². The predicted molar refractivity (Wildman–Crippen MR) is 113 cm³/mol. The Morgan fingerprint density at radius 2 is 1.97 bits per heavy atom. The van der Waals surface area contributed by atoms with E-state index in [1.54, 1.807) is 16.8 Å². The second kappa shape index (κ2) is 8.46. The van der Waals surface area contributed by atoms with E-state index in [0.29, 0.717) is 23.5 Å². The van der Waals surface area contributed by atoms with Gasteiger partial charge in [-0.2, -0.15) is 5.26 Å². The second-order valence-electron chi connectivity index (χ2n) is 7.66. The maximum Gasteiger partial charge on any atom is 0.266 e. The first-order valence-corrected chi connectivity index (χ1v) is 10.1. The zero-order chi connectivity index (χ0) is 20.2. The quantitative estimate of drug-likeness (QED) is 0.728. The highest BCUT2D eigenvalue weighted by Gasteiger charge is 2.22. The van der Waals surface area contributed by atoms with Gasteiger partial charge in [-0.05, 0) is 43.5 Å². The first kappa shape index (κ1) is 19.2. The van der Waals surface area contributed by atoms with Gasteiger partial charge in [-0.15, -0.1) is 0 Å². The van der Waals surface area contributed by atoms with Crippen molar-refractivity contribution in [2.45, 2.75) is 44.8 Å². The van der Waals surface area contributed by atoms with Crippen molar-refractivity contribution in [1.29, 1.82) is 5.26 Å². The Hall–Kier alpha value is -3.17. The summed E-state index contributed by atoms with van der Waals surface area (Å²) < 4.78 is 1.69. The van der Waals surface area contributed by atoms with E-state index in [1.165, 1.54) is 24.5 Å². The minimum atomic E-state index is -0.462. The normalized spacial score (nSPS) is 17.3. The number of benzene rings is 1. The minimum Gasteiger partial charge on any atom is -0.321 e. The number of pyridine rings is 2. The summed E-state index contributed by atoms with van der Waals surface area (Å²) in [6.45, 7) is 2.63. The van der Waals surface area contributed by atoms with Crippen LogP contribution in [0, 0.1) is 11.3 Å². The molecule has 1 aliphatic rings. The van der Waals surface area contributed by atoms with Gasteiger partial charge in [-0.3, -0.25) is 14.5 Å². The topological polar surface area (TPSA) is 81.9 Å². The highest BCUT2D eigenvalue weighted by atomic mass is 16.1. The fourth-order valence-electron chi connectivity index (χ4n) is 4.20. The van der Waals surface area contributed by atoms with Gasteiger partial charge in [0, 0.05) is 25.3 Å². The summed E-state index contributed by atoms with van der Waals surface area (Å²) in [4.78, 5) is 29.8. The maximum absolute atomic E-state index is 12.9. The number of H-pyrrole nitrogens is 1. The van der Waals surface area contributed by atoms with E-state index < -0.39 is 5.56 Å². The van der Waals surface area contributed by atoms with Crippen molar-refractivity contribution in [2.24, 2.45) is 0 Å². The molecule has 148 valence electrons. The van der Waals surface area contributed by atoms with E-state index >= 15 is 0 Å². The summed E-state index contributed by atoms with van der Waals surface area (Å²) in [5.41, 5.74) is 1.12. The zero-order valence-electron chi connectivity index (χ0n) is 16.3. The van der Waals surface area contributed by atoms with Crippen molar-refractivity contribution >= 4 is 10.9 Å². The SMILES string of the molecule is N#Cc1cc2c(=O)n(CCC3CCCCN3Cc3ccccc3)ccc2[nH]c1=O. The molecule has 0 radical (unpaired) electrons. The van der Waals surface area contributed by atoms with Crippen LogP contribution in [-0.2, 0) is 13.1 Å². The van der Waals surface area contributed by atoms with Crippen molar-refractivity contribution in [3.63, 3.8) is 0 Å². The lowest BCUT2D eigenvalue weighted by atomic mass is 9.98. The third-order valence-electron chi connectivity index (χ3n) is 5.79. The highest BCUT2D eigenvalue weighted by molar-refractivity contribution is 5.78. The van der Waals surface area contributed by atoms with Gasteiger partial charge in [0.1, 0.15) is 11.6 Å². The molecule has 1 saturated heterocycles. The van der Waals surface area contributed by atoms with Crippen LogP contribution in [-0.4, -0.2) is 27.0 Å². The van der Waals surface area contributed by atoms with Crippen LogP contribution in [0.5, 0.6) is 0 Å². The van der Waals surface area contributed by atoms with Crippen LogP contribution in [0.2, 0.25) is 0 Å². The largest absolute Gasteiger partial charge is 0.321 e. The van der Waals surface area contributed by atoms with Gasteiger partial charge in [0.2, 0.25) is 0 Å². The average Bonchev–Trinajstić information content (AvgIpc) is 2.75. The molecule has 6 nitrogen and oxygen atoms in total. The molecule has 0 amide bonds. The van der Waals surface area contributed by atoms with Gasteiger partial charge >= 0.3 is 0 Å². The van der Waals surface area contributed by atoms with E-state index in [2.05, 4.69) is 34.1 Å². The molecule has 6 heteroatoms. The van der Waals surface area contributed by atoms with Crippen molar-refractivity contribution in [1.82, 2.24) is 14.5 Å². The van der Waals surface area contributed by atoms with Crippen LogP contribution in [0.15, 0.2) is 58.3 Å². The monoisotopic (exact) mass is 388 g/mol. The first-order valence-electron chi connectivity index (χ1n) is 10.1. The second-order valence-corrected chi connectivity index (χ2v) is 7.66. The number of nitrogens with one attached hydrogen (secondary N) is 1. The van der Waals surface area contributed by atoms with Crippen LogP contribution in [0.1, 0.15) is 36.8 Å². The molecule has 0 bridgehead atoms. The molecule has 2 aromatic heterocycles. The van der Waals surface area contributed by atoms with E-state index in [-0.39, 0.29) is 11.1 Å². The summed E-state index contributed by atoms with van der Waals surface area (Å²) in [7, 11) is 0. The number of aryl methyl sites for hydroxylation is 1. The number of hydrogen-bond donors (Lipinski definition) is 1.